The highest BCUT2D eigenvalue weighted by Gasteiger charge is 2.35. The summed E-state index contributed by atoms with van der Waals surface area (Å²) in [5.41, 5.74) is -0.943. The SMILES string of the molecule is O=C(CS(=O)(=O)N1CCC1)c1cc(C2CC2)c(OCC2(F)CCCCC2)cc1F. The van der Waals surface area contributed by atoms with E-state index in [2.05, 4.69) is 0 Å². The normalized spacial score (nSPS) is 22.1. The lowest BCUT2D eigenvalue weighted by molar-refractivity contribution is 0.0470. The van der Waals surface area contributed by atoms with E-state index in [1.165, 1.54) is 10.4 Å². The zero-order valence-corrected chi connectivity index (χ0v) is 17.3. The van der Waals surface area contributed by atoms with Crippen LogP contribution in [0, 0.1) is 5.82 Å². The van der Waals surface area contributed by atoms with E-state index in [1.54, 1.807) is 0 Å². The zero-order valence-electron chi connectivity index (χ0n) is 16.5. The number of hydrogen-bond donors (Lipinski definition) is 0. The van der Waals surface area contributed by atoms with Gasteiger partial charge in [-0.25, -0.2) is 21.5 Å². The van der Waals surface area contributed by atoms with E-state index in [-0.39, 0.29) is 23.8 Å². The van der Waals surface area contributed by atoms with Gasteiger partial charge in [0.1, 0.15) is 29.6 Å². The number of benzene rings is 1. The molecule has 1 aliphatic heterocycles. The second-order valence-corrected chi connectivity index (χ2v) is 10.5. The molecule has 8 heteroatoms. The molecule has 0 radical (unpaired) electrons. The van der Waals surface area contributed by atoms with E-state index in [9.17, 15) is 22.0 Å². The molecule has 1 saturated heterocycles. The number of Topliss-reactive ketones (excluding diaryl/α,β-unsaturated/α-hetero) is 1. The zero-order chi connectivity index (χ0) is 20.6. The molecule has 0 unspecified atom stereocenters. The molecule has 0 aromatic heterocycles. The lowest BCUT2D eigenvalue weighted by Gasteiger charge is -2.30. The van der Waals surface area contributed by atoms with Gasteiger partial charge in [-0.15, -0.1) is 0 Å². The average Bonchev–Trinajstić information content (AvgIpc) is 3.43. The van der Waals surface area contributed by atoms with E-state index >= 15 is 0 Å². The van der Waals surface area contributed by atoms with E-state index in [0.29, 0.717) is 31.5 Å². The molecule has 1 heterocycles. The maximum absolute atomic E-state index is 14.9. The number of sulfonamides is 1. The van der Waals surface area contributed by atoms with E-state index in [4.69, 9.17) is 4.74 Å². The maximum Gasteiger partial charge on any atom is 0.221 e. The monoisotopic (exact) mass is 427 g/mol. The molecule has 0 atom stereocenters. The summed E-state index contributed by atoms with van der Waals surface area (Å²) in [5.74, 6) is -1.88. The molecular formula is C21H27F2NO4S. The summed E-state index contributed by atoms with van der Waals surface area (Å²) in [4.78, 5) is 12.5. The number of nitrogens with zero attached hydrogens (tertiary/aromatic N) is 1. The number of rotatable bonds is 8. The van der Waals surface area contributed by atoms with Crippen LogP contribution in [-0.2, 0) is 10.0 Å². The fourth-order valence-electron chi connectivity index (χ4n) is 4.06. The third kappa shape index (κ3) is 4.63. The Morgan fingerprint density at radius 2 is 1.83 bits per heavy atom. The molecular weight excluding hydrogens is 400 g/mol. The molecule has 2 saturated carbocycles. The van der Waals surface area contributed by atoms with E-state index in [0.717, 1.165) is 44.6 Å². The molecule has 29 heavy (non-hydrogen) atoms. The summed E-state index contributed by atoms with van der Waals surface area (Å²) >= 11 is 0. The van der Waals surface area contributed by atoms with Gasteiger partial charge >= 0.3 is 0 Å². The van der Waals surface area contributed by atoms with Gasteiger partial charge in [-0.2, -0.15) is 0 Å². The van der Waals surface area contributed by atoms with Crippen LogP contribution in [0.3, 0.4) is 0 Å². The molecule has 2 aliphatic carbocycles. The summed E-state index contributed by atoms with van der Waals surface area (Å²) in [5, 5.41) is 0. The van der Waals surface area contributed by atoms with Gasteiger partial charge in [-0.3, -0.25) is 4.79 Å². The summed E-state index contributed by atoms with van der Waals surface area (Å²) in [6, 6.07) is 2.55. The Kier molecular flexibility index (Phi) is 5.68. The van der Waals surface area contributed by atoms with Gasteiger partial charge < -0.3 is 4.74 Å². The van der Waals surface area contributed by atoms with Gasteiger partial charge in [0.15, 0.2) is 5.78 Å². The number of carbonyl (C=O) groups excluding carboxylic acids is 1. The van der Waals surface area contributed by atoms with Gasteiger partial charge in [0.2, 0.25) is 10.0 Å². The molecule has 160 valence electrons. The third-order valence-corrected chi connectivity index (χ3v) is 7.95. The molecule has 4 rings (SSSR count). The molecule has 5 nitrogen and oxygen atoms in total. The minimum absolute atomic E-state index is 0.122. The molecule has 0 amide bonds. The Labute approximate surface area is 170 Å². The Morgan fingerprint density at radius 1 is 1.14 bits per heavy atom. The number of ketones is 1. The highest BCUT2D eigenvalue weighted by molar-refractivity contribution is 7.89. The predicted molar refractivity (Wildman–Crippen MR) is 105 cm³/mol. The number of halogens is 2. The van der Waals surface area contributed by atoms with Gasteiger partial charge in [0.05, 0.1) is 5.56 Å². The first-order valence-corrected chi connectivity index (χ1v) is 12.0. The minimum Gasteiger partial charge on any atom is -0.490 e. The van der Waals surface area contributed by atoms with Crippen LogP contribution in [0.1, 0.15) is 73.2 Å². The van der Waals surface area contributed by atoms with Crippen molar-refractivity contribution in [3.05, 3.63) is 29.1 Å². The topological polar surface area (TPSA) is 63.7 Å². The Morgan fingerprint density at radius 3 is 2.41 bits per heavy atom. The first kappa shape index (κ1) is 20.7. The van der Waals surface area contributed by atoms with Crippen LogP contribution >= 0.6 is 0 Å². The van der Waals surface area contributed by atoms with Crippen LogP contribution in [0.4, 0.5) is 8.78 Å². The first-order valence-electron chi connectivity index (χ1n) is 10.4. The quantitative estimate of drug-likeness (QED) is 0.589. The summed E-state index contributed by atoms with van der Waals surface area (Å²) in [6.45, 7) is 0.690. The van der Waals surface area contributed by atoms with Crippen molar-refractivity contribution >= 4 is 15.8 Å². The third-order valence-electron chi connectivity index (χ3n) is 6.17. The highest BCUT2D eigenvalue weighted by atomic mass is 32.2. The standard InChI is InChI=1S/C21H27F2NO4S/c22-18-12-20(28-14-21(23)7-2-1-3-8-21)16(15-5-6-15)11-17(18)19(25)13-29(26,27)24-9-4-10-24/h11-12,15H,1-10,13-14H2. The predicted octanol–water partition coefficient (Wildman–Crippen LogP) is 3.97. The molecule has 0 N–H and O–H groups in total. The molecule has 3 aliphatic rings. The van der Waals surface area contributed by atoms with E-state index in [1.807, 2.05) is 0 Å². The largest absolute Gasteiger partial charge is 0.490 e. The Bertz CT molecular complexity index is 888. The van der Waals surface area contributed by atoms with Crippen LogP contribution in [0.5, 0.6) is 5.75 Å². The molecule has 1 aromatic carbocycles. The van der Waals surface area contributed by atoms with Crippen LogP contribution in [0.15, 0.2) is 12.1 Å². The molecule has 1 aromatic rings. The number of hydrogen-bond acceptors (Lipinski definition) is 4. The van der Waals surface area contributed by atoms with Gasteiger partial charge in [0.25, 0.3) is 0 Å². The minimum atomic E-state index is -3.71. The number of carbonyl (C=O) groups is 1. The summed E-state index contributed by atoms with van der Waals surface area (Å²) < 4.78 is 61.0. The van der Waals surface area contributed by atoms with Crippen molar-refractivity contribution in [2.75, 3.05) is 25.4 Å². The van der Waals surface area contributed by atoms with Crippen LogP contribution < -0.4 is 4.74 Å². The lowest BCUT2D eigenvalue weighted by Crippen LogP contribution is -2.44. The van der Waals surface area contributed by atoms with Gasteiger partial charge in [-0.1, -0.05) is 19.3 Å². The molecule has 0 bridgehead atoms. The van der Waals surface area contributed by atoms with Crippen molar-refractivity contribution in [2.24, 2.45) is 0 Å². The number of alkyl halides is 1. The van der Waals surface area contributed by atoms with Crippen molar-refractivity contribution < 1.29 is 26.7 Å². The van der Waals surface area contributed by atoms with Crippen molar-refractivity contribution in [3.63, 3.8) is 0 Å². The fraction of sp³-hybridized carbons (Fsp3) is 0.667. The number of ether oxygens (including phenoxy) is 1. The van der Waals surface area contributed by atoms with Crippen molar-refractivity contribution in [1.29, 1.82) is 0 Å². The second kappa shape index (κ2) is 7.95. The van der Waals surface area contributed by atoms with E-state index < -0.39 is 33.0 Å². The molecule has 0 spiro atoms. The van der Waals surface area contributed by atoms with Gasteiger partial charge in [-0.05, 0) is 49.7 Å². The van der Waals surface area contributed by atoms with Crippen LogP contribution in [0.25, 0.3) is 0 Å². The molecule has 3 fully saturated rings. The maximum atomic E-state index is 14.9. The van der Waals surface area contributed by atoms with Crippen molar-refractivity contribution in [1.82, 2.24) is 4.31 Å². The average molecular weight is 428 g/mol. The lowest BCUT2D eigenvalue weighted by atomic mass is 9.87. The second-order valence-electron chi connectivity index (χ2n) is 8.58. The Hall–Kier alpha value is -1.54. The first-order chi connectivity index (χ1) is 13.8. The smallest absolute Gasteiger partial charge is 0.221 e. The fourth-order valence-corrected chi connectivity index (χ4v) is 5.54. The van der Waals surface area contributed by atoms with Crippen molar-refractivity contribution in [3.8, 4) is 5.75 Å². The Balaban J connectivity index is 1.52. The summed E-state index contributed by atoms with van der Waals surface area (Å²) in [6.07, 6.45) is 6.11. The summed E-state index contributed by atoms with van der Waals surface area (Å²) in [7, 11) is -3.71. The van der Waals surface area contributed by atoms with Crippen LogP contribution in [-0.4, -0.2) is 49.6 Å². The highest BCUT2D eigenvalue weighted by Crippen LogP contribution is 2.45. The van der Waals surface area contributed by atoms with Crippen molar-refractivity contribution in [2.45, 2.75) is 63.0 Å². The van der Waals surface area contributed by atoms with Crippen LogP contribution in [0.2, 0.25) is 0 Å². The van der Waals surface area contributed by atoms with Gasteiger partial charge in [0, 0.05) is 19.2 Å².